The molecular weight excluding hydrogens is 390 g/mol. The second-order valence-corrected chi connectivity index (χ2v) is 19.8. The molecule has 1 rings (SSSR count). The topological polar surface area (TPSA) is 48.0 Å². The van der Waals surface area contributed by atoms with Crippen LogP contribution >= 0.6 is 0 Å². The van der Waals surface area contributed by atoms with E-state index < -0.39 is 32.0 Å². The summed E-state index contributed by atoms with van der Waals surface area (Å²) in [5.41, 5.74) is 0.659. The van der Waals surface area contributed by atoms with Crippen molar-refractivity contribution in [2.24, 2.45) is 0 Å². The van der Waals surface area contributed by atoms with Gasteiger partial charge in [-0.1, -0.05) is 37.8 Å². The zero-order valence-electron chi connectivity index (χ0n) is 18.0. The van der Waals surface area contributed by atoms with Crippen LogP contribution in [0.4, 0.5) is 4.79 Å². The molecule has 5 nitrogen and oxygen atoms in total. The van der Waals surface area contributed by atoms with Gasteiger partial charge < -0.3 is 17.9 Å². The lowest BCUT2D eigenvalue weighted by atomic mass is 10.2. The first kappa shape index (κ1) is 23.8. The predicted octanol–water partition coefficient (Wildman–Crippen LogP) is 5.27. The number of carbonyl (C=O) groups excluding carboxylic acids is 1. The fourth-order valence-electron chi connectivity index (χ4n) is 2.39. The Balaban J connectivity index is 3.03. The number of hydrogen-bond acceptors (Lipinski definition) is 4. The molecule has 0 heterocycles. The maximum absolute atomic E-state index is 12.8. The summed E-state index contributed by atoms with van der Waals surface area (Å²) in [5, 5.41) is 0. The fraction of sp³-hybridized carbons (Fsp3) is 0.526. The molecule has 0 aliphatic rings. The normalized spacial score (nSPS) is 13.4. The third-order valence-corrected chi connectivity index (χ3v) is 11.4. The molecule has 0 aliphatic heterocycles. The summed E-state index contributed by atoms with van der Waals surface area (Å²) >= 11 is 0. The average Bonchev–Trinajstić information content (AvgIpc) is 2.52. The molecule has 1 aromatic carbocycles. The van der Waals surface area contributed by atoms with Crippen molar-refractivity contribution in [3.8, 4) is 5.75 Å². The van der Waals surface area contributed by atoms with E-state index in [1.54, 1.807) is 24.1 Å². The van der Waals surface area contributed by atoms with E-state index >= 15 is 0 Å². The van der Waals surface area contributed by atoms with Gasteiger partial charge in [0.1, 0.15) is 5.75 Å². The molecule has 0 aliphatic carbocycles. The van der Waals surface area contributed by atoms with E-state index in [2.05, 4.69) is 52.8 Å². The summed E-state index contributed by atoms with van der Waals surface area (Å²) < 4.78 is 18.5. The highest BCUT2D eigenvalue weighted by molar-refractivity contribution is 6.81. The van der Waals surface area contributed by atoms with Crippen molar-refractivity contribution in [2.75, 3.05) is 7.05 Å². The van der Waals surface area contributed by atoms with Gasteiger partial charge in [-0.15, -0.1) is 0 Å². The van der Waals surface area contributed by atoms with Crippen LogP contribution in [-0.4, -0.2) is 49.6 Å². The lowest BCUT2D eigenvalue weighted by Gasteiger charge is -2.37. The molecule has 0 spiro atoms. The number of amides is 1. The largest absolute Gasteiger partial charge is 0.434 e. The molecule has 0 fully saturated rings. The van der Waals surface area contributed by atoms with Crippen LogP contribution in [-0.2, 0) is 8.23 Å². The van der Waals surface area contributed by atoms with Gasteiger partial charge in [0.15, 0.2) is 16.6 Å². The molecule has 1 radical (unpaired) electrons. The lowest BCUT2D eigenvalue weighted by Crippen LogP contribution is -2.56. The molecule has 1 atom stereocenters. The Labute approximate surface area is 168 Å². The molecule has 8 heteroatoms. The smallest absolute Gasteiger partial charge is 0.415 e. The van der Waals surface area contributed by atoms with Gasteiger partial charge in [-0.25, -0.2) is 4.79 Å². The third-order valence-electron chi connectivity index (χ3n) is 3.56. The molecule has 1 unspecified atom stereocenters. The van der Waals surface area contributed by atoms with Gasteiger partial charge in [-0.05, 0) is 51.8 Å². The predicted molar refractivity (Wildman–Crippen MR) is 119 cm³/mol. The minimum Gasteiger partial charge on any atom is -0.434 e. The standard InChI is InChI=1S/C19H34NO4Si3/c1-10-16-14-12-13-15-17(16)22-19(21)20(3)18(11-2)25(23-26(4,5)6)24-27(7,8)9/h10,12-15,18H,1,11H2,2-9H3. The van der Waals surface area contributed by atoms with E-state index in [1.807, 2.05) is 18.2 Å². The van der Waals surface area contributed by atoms with Gasteiger partial charge >= 0.3 is 15.4 Å². The van der Waals surface area contributed by atoms with Crippen molar-refractivity contribution >= 4 is 38.1 Å². The molecule has 0 saturated heterocycles. The van der Waals surface area contributed by atoms with Gasteiger partial charge in [0.2, 0.25) is 0 Å². The van der Waals surface area contributed by atoms with Gasteiger partial charge in [-0.2, -0.15) is 0 Å². The number of ether oxygens (including phenoxy) is 1. The highest BCUT2D eigenvalue weighted by Crippen LogP contribution is 2.22. The fourth-order valence-corrected chi connectivity index (χ4v) is 9.61. The van der Waals surface area contributed by atoms with E-state index in [1.165, 1.54) is 0 Å². The lowest BCUT2D eigenvalue weighted by molar-refractivity contribution is 0.150. The van der Waals surface area contributed by atoms with Crippen molar-refractivity contribution in [2.45, 2.75) is 58.3 Å². The second-order valence-electron chi connectivity index (χ2n) is 8.39. The Bertz CT molecular complexity index is 625. The minimum absolute atomic E-state index is 0.128. The van der Waals surface area contributed by atoms with Crippen LogP contribution in [0.2, 0.25) is 39.3 Å². The Morgan fingerprint density at radius 2 is 1.67 bits per heavy atom. The zero-order valence-corrected chi connectivity index (χ0v) is 21.0. The number of para-hydroxylation sites is 1. The van der Waals surface area contributed by atoms with Crippen molar-refractivity contribution < 1.29 is 17.8 Å². The van der Waals surface area contributed by atoms with E-state index in [4.69, 9.17) is 13.0 Å². The number of nitrogens with zero attached hydrogens (tertiary/aromatic N) is 1. The average molecular weight is 425 g/mol. The van der Waals surface area contributed by atoms with Crippen LogP contribution in [0, 0.1) is 0 Å². The third kappa shape index (κ3) is 8.14. The Kier molecular flexibility index (Phi) is 8.68. The van der Waals surface area contributed by atoms with Gasteiger partial charge in [0, 0.05) is 12.6 Å². The van der Waals surface area contributed by atoms with Crippen LogP contribution in [0.5, 0.6) is 5.75 Å². The zero-order chi connectivity index (χ0) is 20.8. The molecule has 1 amide bonds. The van der Waals surface area contributed by atoms with E-state index in [0.717, 1.165) is 12.0 Å². The summed E-state index contributed by atoms with van der Waals surface area (Å²) in [6.07, 6.45) is 2.02. The van der Waals surface area contributed by atoms with Crippen molar-refractivity contribution in [1.29, 1.82) is 0 Å². The maximum atomic E-state index is 12.8. The summed E-state index contributed by atoms with van der Waals surface area (Å²) in [6, 6.07) is 7.36. The van der Waals surface area contributed by atoms with Gasteiger partial charge in [0.05, 0.1) is 5.67 Å². The second kappa shape index (κ2) is 9.83. The van der Waals surface area contributed by atoms with Crippen LogP contribution in [0.15, 0.2) is 30.8 Å². The number of benzene rings is 1. The van der Waals surface area contributed by atoms with Crippen LogP contribution < -0.4 is 4.74 Å². The first-order chi connectivity index (χ1) is 12.4. The van der Waals surface area contributed by atoms with Gasteiger partial charge in [0.25, 0.3) is 0 Å². The molecule has 0 aromatic heterocycles. The first-order valence-electron chi connectivity index (χ1n) is 9.29. The van der Waals surface area contributed by atoms with Crippen LogP contribution in [0.25, 0.3) is 6.08 Å². The quantitative estimate of drug-likeness (QED) is 0.507. The number of hydrogen-bond donors (Lipinski definition) is 0. The highest BCUT2D eigenvalue weighted by atomic mass is 28.4. The molecule has 0 saturated carbocycles. The molecule has 151 valence electrons. The molecule has 27 heavy (non-hydrogen) atoms. The first-order valence-corrected chi connectivity index (χ1v) is 17.5. The van der Waals surface area contributed by atoms with Gasteiger partial charge in [-0.3, -0.25) is 0 Å². The summed E-state index contributed by atoms with van der Waals surface area (Å²) in [7, 11) is -3.54. The van der Waals surface area contributed by atoms with Crippen molar-refractivity contribution in [3.63, 3.8) is 0 Å². The summed E-state index contributed by atoms with van der Waals surface area (Å²) in [6.45, 7) is 18.7. The van der Waals surface area contributed by atoms with E-state index in [-0.39, 0.29) is 5.67 Å². The highest BCUT2D eigenvalue weighted by Gasteiger charge is 2.39. The molecule has 0 bridgehead atoms. The molecule has 0 N–H and O–H groups in total. The number of rotatable bonds is 9. The Morgan fingerprint density at radius 3 is 2.11 bits per heavy atom. The monoisotopic (exact) mass is 424 g/mol. The summed E-state index contributed by atoms with van der Waals surface area (Å²) in [5.74, 6) is 0.505. The Hall–Kier alpha value is -1.20. The maximum Gasteiger partial charge on any atom is 0.415 e. The van der Waals surface area contributed by atoms with Crippen LogP contribution in [0.3, 0.4) is 0 Å². The number of carbonyl (C=O) groups is 1. The Morgan fingerprint density at radius 1 is 1.15 bits per heavy atom. The van der Waals surface area contributed by atoms with E-state index in [0.29, 0.717) is 5.75 Å². The van der Waals surface area contributed by atoms with Crippen molar-refractivity contribution in [3.05, 3.63) is 36.4 Å². The molecular formula is C19H34NO4Si3. The van der Waals surface area contributed by atoms with Crippen LogP contribution in [0.1, 0.15) is 18.9 Å². The SMILES string of the molecule is C=Cc1ccccc1OC(=O)N(C)C(CC)[Si](O[Si](C)(C)C)O[Si](C)(C)C. The van der Waals surface area contributed by atoms with Crippen molar-refractivity contribution in [1.82, 2.24) is 4.90 Å². The van der Waals surface area contributed by atoms with E-state index in [9.17, 15) is 4.79 Å². The molecule has 1 aromatic rings. The summed E-state index contributed by atoms with van der Waals surface area (Å²) in [4.78, 5) is 14.4. The minimum atomic E-state index is -1.82.